The third kappa shape index (κ3) is 20.5. The molecule has 0 radical (unpaired) electrons. The molecule has 3 N–H and O–H groups in total. The molecule has 1 rings (SSSR count). The smallest absolute Gasteiger partial charge is 0.466 e. The van der Waals surface area contributed by atoms with Gasteiger partial charge in [-0.2, -0.15) is 0 Å². The topological polar surface area (TPSA) is 145 Å². The fraction of sp³-hybridized carbons (Fsp3) is 0.967. The predicted octanol–water partition coefficient (Wildman–Crippen LogP) is 7.72. The molecule has 0 spiro atoms. The Balaban J connectivity index is 2.07. The minimum Gasteiger partial charge on any atom is -0.466 e. The first-order chi connectivity index (χ1) is 20.8. The van der Waals surface area contributed by atoms with Crippen molar-refractivity contribution in [2.75, 3.05) is 34.5 Å². The Morgan fingerprint density at radius 1 is 0.791 bits per heavy atom. The lowest BCUT2D eigenvalue weighted by atomic mass is 9.88. The van der Waals surface area contributed by atoms with E-state index in [1.165, 1.54) is 97.7 Å². The highest BCUT2D eigenvalue weighted by atomic mass is 31.2. The van der Waals surface area contributed by atoms with Crippen molar-refractivity contribution >= 4 is 22.4 Å². The average molecular weight is 658 g/mol. The lowest BCUT2D eigenvalue weighted by Crippen LogP contribution is -2.51. The van der Waals surface area contributed by atoms with E-state index in [0.29, 0.717) is 19.3 Å². The molecule has 6 unspecified atom stereocenters. The highest BCUT2D eigenvalue weighted by molar-refractivity contribution is 7.47. The van der Waals surface area contributed by atoms with Gasteiger partial charge in [0.15, 0.2) is 0 Å². The second kappa shape index (κ2) is 25.9. The fourth-order valence-electron chi connectivity index (χ4n) is 5.16. The zero-order chi connectivity index (χ0) is 31.8. The van der Waals surface area contributed by atoms with Gasteiger partial charge < -0.3 is 33.7 Å². The Hall–Kier alpha value is -0.190. The lowest BCUT2D eigenvalue weighted by Gasteiger charge is -2.39. The first-order valence-corrected chi connectivity index (χ1v) is 19.0. The van der Waals surface area contributed by atoms with E-state index in [-0.39, 0.29) is 25.6 Å². The number of carbonyl (C=O) groups is 1. The molecule has 0 heterocycles. The molecule has 0 aromatic carbocycles. The molecular weight excluding hydrogens is 596 g/mol. The largest absolute Gasteiger partial charge is 0.472 e. The summed E-state index contributed by atoms with van der Waals surface area (Å²) in [6, 6.07) is -0.408. The molecule has 13 heteroatoms. The third-order valence-corrected chi connectivity index (χ3v) is 9.90. The summed E-state index contributed by atoms with van der Waals surface area (Å²) in [5.74, 6) is -0.177. The maximum atomic E-state index is 12.0. The van der Waals surface area contributed by atoms with Crippen molar-refractivity contribution in [2.24, 2.45) is 5.73 Å². The average Bonchev–Trinajstić information content (AvgIpc) is 2.99. The second-order valence-electron chi connectivity index (χ2n) is 11.4. The molecule has 1 aliphatic rings. The standard InChI is InChI=1S/C30H61NO10P2/c1-5-6-7-8-9-10-11-12-13-14-15-16-17-18-19-21-30(32)38-22-20-23-39-42(36-3)40-27-25-29(41-43(33,34)37-4)28(35-2)24-26(27)31/h26-29H,5-25,31H2,1-4H3,(H,33,34). The Kier molecular flexibility index (Phi) is 24.6. The molecule has 11 nitrogen and oxygen atoms in total. The summed E-state index contributed by atoms with van der Waals surface area (Å²) in [4.78, 5) is 21.8. The van der Waals surface area contributed by atoms with Crippen LogP contribution in [0, 0.1) is 0 Å². The molecule has 1 fully saturated rings. The number of hydrogen-bond donors (Lipinski definition) is 2. The summed E-state index contributed by atoms with van der Waals surface area (Å²) in [7, 11) is -1.88. The van der Waals surface area contributed by atoms with Crippen LogP contribution < -0.4 is 5.73 Å². The third-order valence-electron chi connectivity index (χ3n) is 7.77. The molecule has 0 aromatic rings. The maximum absolute atomic E-state index is 12.0. The Labute approximate surface area is 262 Å². The van der Waals surface area contributed by atoms with Crippen LogP contribution in [0.25, 0.3) is 0 Å². The number of carbonyl (C=O) groups excluding carboxylic acids is 1. The molecule has 256 valence electrons. The molecule has 1 aliphatic carbocycles. The minimum absolute atomic E-state index is 0.177. The van der Waals surface area contributed by atoms with Crippen LogP contribution in [0.4, 0.5) is 0 Å². The van der Waals surface area contributed by atoms with Gasteiger partial charge in [0.1, 0.15) is 0 Å². The van der Waals surface area contributed by atoms with Crippen LogP contribution in [0.15, 0.2) is 0 Å². The van der Waals surface area contributed by atoms with E-state index in [1.807, 2.05) is 0 Å². The molecule has 6 atom stereocenters. The van der Waals surface area contributed by atoms with Gasteiger partial charge in [-0.15, -0.1) is 0 Å². The van der Waals surface area contributed by atoms with Crippen LogP contribution in [0.5, 0.6) is 0 Å². The molecular formula is C30H61NO10P2. The number of unbranched alkanes of at least 4 members (excludes halogenated alkanes) is 14. The van der Waals surface area contributed by atoms with E-state index in [2.05, 4.69) is 11.4 Å². The summed E-state index contributed by atoms with van der Waals surface area (Å²) in [6.07, 6.45) is 19.1. The highest BCUT2D eigenvalue weighted by Crippen LogP contribution is 2.48. The van der Waals surface area contributed by atoms with E-state index in [4.69, 9.17) is 33.3 Å². The Bertz CT molecular complexity index is 735. The van der Waals surface area contributed by atoms with Gasteiger partial charge >= 0.3 is 22.4 Å². The first-order valence-electron chi connectivity index (χ1n) is 16.4. The van der Waals surface area contributed by atoms with Crippen molar-refractivity contribution in [3.8, 4) is 0 Å². The molecule has 1 saturated carbocycles. The van der Waals surface area contributed by atoms with Crippen molar-refractivity contribution < 1.29 is 46.3 Å². The monoisotopic (exact) mass is 657 g/mol. The van der Waals surface area contributed by atoms with Gasteiger partial charge in [-0.3, -0.25) is 13.8 Å². The van der Waals surface area contributed by atoms with Crippen LogP contribution in [0.2, 0.25) is 0 Å². The maximum Gasteiger partial charge on any atom is 0.472 e. The zero-order valence-electron chi connectivity index (χ0n) is 27.3. The lowest BCUT2D eigenvalue weighted by molar-refractivity contribution is -0.144. The van der Waals surface area contributed by atoms with Gasteiger partial charge in [0.2, 0.25) is 0 Å². The normalized spacial score (nSPS) is 22.7. The van der Waals surface area contributed by atoms with Gasteiger partial charge in [-0.05, 0) is 12.8 Å². The van der Waals surface area contributed by atoms with Gasteiger partial charge in [0.25, 0.3) is 0 Å². The number of phosphoric acid groups is 1. The molecule has 43 heavy (non-hydrogen) atoms. The predicted molar refractivity (Wildman–Crippen MR) is 170 cm³/mol. The highest BCUT2D eigenvalue weighted by Gasteiger charge is 2.42. The van der Waals surface area contributed by atoms with E-state index in [9.17, 15) is 14.3 Å². The van der Waals surface area contributed by atoms with Gasteiger partial charge in [0, 0.05) is 46.6 Å². The minimum atomic E-state index is -4.21. The molecule has 0 saturated heterocycles. The summed E-state index contributed by atoms with van der Waals surface area (Å²) in [5.41, 5.74) is 6.25. The van der Waals surface area contributed by atoms with Crippen molar-refractivity contribution in [1.29, 1.82) is 0 Å². The van der Waals surface area contributed by atoms with Gasteiger partial charge in [0.05, 0.1) is 31.5 Å². The van der Waals surface area contributed by atoms with Crippen molar-refractivity contribution in [2.45, 2.75) is 153 Å². The number of ether oxygens (including phenoxy) is 2. The zero-order valence-corrected chi connectivity index (χ0v) is 29.0. The van der Waals surface area contributed by atoms with Crippen molar-refractivity contribution in [1.82, 2.24) is 0 Å². The fourth-order valence-corrected chi connectivity index (χ4v) is 6.80. The number of rotatable bonds is 28. The van der Waals surface area contributed by atoms with Crippen molar-refractivity contribution in [3.05, 3.63) is 0 Å². The van der Waals surface area contributed by atoms with Gasteiger partial charge in [-0.1, -0.05) is 96.8 Å². The number of hydrogen-bond acceptors (Lipinski definition) is 10. The van der Waals surface area contributed by atoms with Crippen LogP contribution >= 0.6 is 16.4 Å². The summed E-state index contributed by atoms with van der Waals surface area (Å²) >= 11 is 0. The quantitative estimate of drug-likeness (QED) is 0.0484. The molecule has 0 aliphatic heterocycles. The molecule has 0 amide bonds. The van der Waals surface area contributed by atoms with Crippen LogP contribution in [0.3, 0.4) is 0 Å². The Morgan fingerprint density at radius 2 is 1.35 bits per heavy atom. The van der Waals surface area contributed by atoms with Gasteiger partial charge in [-0.25, -0.2) is 4.57 Å². The summed E-state index contributed by atoms with van der Waals surface area (Å²) in [6.45, 7) is 2.81. The second-order valence-corrected chi connectivity index (χ2v) is 14.2. The molecule has 0 aromatic heterocycles. The number of nitrogens with two attached hydrogens (primary N) is 1. The van der Waals surface area contributed by atoms with E-state index >= 15 is 0 Å². The summed E-state index contributed by atoms with van der Waals surface area (Å²) in [5, 5.41) is 0. The van der Waals surface area contributed by atoms with Crippen molar-refractivity contribution in [3.63, 3.8) is 0 Å². The van der Waals surface area contributed by atoms with Crippen LogP contribution in [0.1, 0.15) is 129 Å². The van der Waals surface area contributed by atoms with Crippen LogP contribution in [-0.2, 0) is 41.5 Å². The van der Waals surface area contributed by atoms with E-state index in [1.54, 1.807) is 0 Å². The number of phosphoric ester groups is 1. The van der Waals surface area contributed by atoms with E-state index in [0.717, 1.165) is 20.0 Å². The SMILES string of the molecule is CCCCCCCCCCCCCCCCCC(=O)OCCCOP(OC)OC1CC(OP(=O)(O)OC)C(OC)CC1N. The molecule has 0 bridgehead atoms. The van der Waals surface area contributed by atoms with E-state index < -0.39 is 40.8 Å². The Morgan fingerprint density at radius 3 is 1.86 bits per heavy atom. The number of methoxy groups -OCH3 is 1. The first kappa shape index (κ1) is 40.8. The summed E-state index contributed by atoms with van der Waals surface area (Å²) < 4.78 is 49.4. The number of esters is 1. The van der Waals surface area contributed by atoms with Crippen LogP contribution in [-0.4, -0.2) is 69.8 Å².